The Labute approximate surface area is 139 Å². The zero-order valence-corrected chi connectivity index (χ0v) is 14.0. The number of rotatable bonds is 2. The van der Waals surface area contributed by atoms with Gasteiger partial charge in [0.2, 0.25) is 0 Å². The third kappa shape index (κ3) is 3.80. The second kappa shape index (κ2) is 6.58. The molecule has 0 saturated carbocycles. The molecule has 0 spiro atoms. The summed E-state index contributed by atoms with van der Waals surface area (Å²) >= 11 is 0. The number of nitrogens with zero attached hydrogens (tertiary/aromatic N) is 4. The number of amides is 1. The summed E-state index contributed by atoms with van der Waals surface area (Å²) in [4.78, 5) is 24.7. The number of likely N-dealkylation sites (tertiary alicyclic amines) is 1. The predicted octanol–water partition coefficient (Wildman–Crippen LogP) is 1.56. The molecule has 24 heavy (non-hydrogen) atoms. The number of alkyl halides is 2. The van der Waals surface area contributed by atoms with Crippen LogP contribution in [-0.2, 0) is 9.53 Å². The molecule has 0 bridgehead atoms. The lowest BCUT2D eigenvalue weighted by Crippen LogP contribution is -2.53. The van der Waals surface area contributed by atoms with Gasteiger partial charge in [-0.1, -0.05) is 0 Å². The van der Waals surface area contributed by atoms with Gasteiger partial charge >= 0.3 is 0 Å². The van der Waals surface area contributed by atoms with Crippen molar-refractivity contribution in [3.05, 3.63) is 17.6 Å². The van der Waals surface area contributed by atoms with Gasteiger partial charge in [-0.15, -0.1) is 0 Å². The Morgan fingerprint density at radius 2 is 1.96 bits per heavy atom. The third-order valence-electron chi connectivity index (χ3n) is 4.43. The molecule has 3 heterocycles. The van der Waals surface area contributed by atoms with Crippen LogP contribution in [0.2, 0.25) is 0 Å². The van der Waals surface area contributed by atoms with E-state index in [1.807, 2.05) is 24.8 Å². The van der Waals surface area contributed by atoms with Crippen LogP contribution in [0.4, 0.5) is 14.6 Å². The van der Waals surface area contributed by atoms with Crippen molar-refractivity contribution in [2.24, 2.45) is 0 Å². The molecule has 1 atom stereocenters. The SMILES string of the molecule is Cc1cc(N2CCOC(C(=O)N3CCC(F)(F)CC3)C2)nc(C)n1. The number of carbonyl (C=O) groups excluding carboxylic acids is 1. The Balaban J connectivity index is 1.66. The minimum Gasteiger partial charge on any atom is -0.365 e. The first kappa shape index (κ1) is 17.0. The van der Waals surface area contributed by atoms with Gasteiger partial charge in [-0.05, 0) is 13.8 Å². The predicted molar refractivity (Wildman–Crippen MR) is 84.2 cm³/mol. The third-order valence-corrected chi connectivity index (χ3v) is 4.43. The van der Waals surface area contributed by atoms with E-state index in [1.165, 1.54) is 4.90 Å². The molecule has 3 rings (SSSR count). The molecular formula is C16H22F2N4O2. The summed E-state index contributed by atoms with van der Waals surface area (Å²) in [6.07, 6.45) is -1.19. The molecule has 6 nitrogen and oxygen atoms in total. The highest BCUT2D eigenvalue weighted by Gasteiger charge is 2.38. The van der Waals surface area contributed by atoms with Gasteiger partial charge in [-0.2, -0.15) is 0 Å². The van der Waals surface area contributed by atoms with Crippen molar-refractivity contribution in [1.29, 1.82) is 0 Å². The van der Waals surface area contributed by atoms with Crippen LogP contribution in [-0.4, -0.2) is 65.6 Å². The Kier molecular flexibility index (Phi) is 4.67. The molecule has 1 aromatic heterocycles. The number of hydrogen-bond acceptors (Lipinski definition) is 5. The fourth-order valence-electron chi connectivity index (χ4n) is 3.12. The van der Waals surface area contributed by atoms with Crippen LogP contribution < -0.4 is 4.90 Å². The maximum atomic E-state index is 13.3. The number of ether oxygens (including phenoxy) is 1. The number of carbonyl (C=O) groups is 1. The van der Waals surface area contributed by atoms with Crippen molar-refractivity contribution in [3.8, 4) is 0 Å². The summed E-state index contributed by atoms with van der Waals surface area (Å²) in [5.41, 5.74) is 0.866. The monoisotopic (exact) mass is 340 g/mol. The summed E-state index contributed by atoms with van der Waals surface area (Å²) < 4.78 is 32.1. The van der Waals surface area contributed by atoms with E-state index in [1.54, 1.807) is 0 Å². The summed E-state index contributed by atoms with van der Waals surface area (Å²) in [6.45, 7) is 5.30. The number of aromatic nitrogens is 2. The standard InChI is InChI=1S/C16H22F2N4O2/c1-11-9-14(20-12(2)19-11)22-7-8-24-13(10-22)15(23)21-5-3-16(17,18)4-6-21/h9,13H,3-8,10H2,1-2H3. The molecule has 2 aliphatic rings. The van der Waals surface area contributed by atoms with Crippen LogP contribution >= 0.6 is 0 Å². The van der Waals surface area contributed by atoms with Crippen molar-refractivity contribution >= 4 is 11.7 Å². The molecule has 0 aliphatic carbocycles. The van der Waals surface area contributed by atoms with Gasteiger partial charge in [0.1, 0.15) is 11.6 Å². The van der Waals surface area contributed by atoms with Gasteiger partial charge in [0.05, 0.1) is 13.2 Å². The first-order valence-electron chi connectivity index (χ1n) is 8.19. The second-order valence-electron chi connectivity index (χ2n) is 6.40. The molecule has 1 aromatic rings. The number of halogens is 2. The molecule has 8 heteroatoms. The molecule has 132 valence electrons. The molecule has 0 N–H and O–H groups in total. The van der Waals surface area contributed by atoms with E-state index in [9.17, 15) is 13.6 Å². The Morgan fingerprint density at radius 3 is 2.62 bits per heavy atom. The minimum atomic E-state index is -2.66. The highest BCUT2D eigenvalue weighted by atomic mass is 19.3. The van der Waals surface area contributed by atoms with Crippen molar-refractivity contribution in [3.63, 3.8) is 0 Å². The maximum Gasteiger partial charge on any atom is 0.253 e. The van der Waals surface area contributed by atoms with E-state index in [2.05, 4.69) is 9.97 Å². The average molecular weight is 340 g/mol. The first-order valence-corrected chi connectivity index (χ1v) is 8.19. The Hall–Kier alpha value is -1.83. The molecule has 0 aromatic carbocycles. The largest absolute Gasteiger partial charge is 0.365 e. The van der Waals surface area contributed by atoms with E-state index < -0.39 is 12.0 Å². The van der Waals surface area contributed by atoms with Gasteiger partial charge in [0.25, 0.3) is 11.8 Å². The van der Waals surface area contributed by atoms with Crippen LogP contribution in [0.5, 0.6) is 0 Å². The number of morpholine rings is 1. The van der Waals surface area contributed by atoms with E-state index in [4.69, 9.17) is 4.74 Å². The van der Waals surface area contributed by atoms with Crippen LogP contribution in [0.15, 0.2) is 6.07 Å². The summed E-state index contributed by atoms with van der Waals surface area (Å²) in [5, 5.41) is 0. The summed E-state index contributed by atoms with van der Waals surface area (Å²) in [7, 11) is 0. The molecule has 1 amide bonds. The topological polar surface area (TPSA) is 58.6 Å². The van der Waals surface area contributed by atoms with Crippen LogP contribution in [0, 0.1) is 13.8 Å². The lowest BCUT2D eigenvalue weighted by Gasteiger charge is -2.38. The van der Waals surface area contributed by atoms with Gasteiger partial charge < -0.3 is 14.5 Å². The average Bonchev–Trinajstić information content (AvgIpc) is 2.53. The number of hydrogen-bond donors (Lipinski definition) is 0. The van der Waals surface area contributed by atoms with Gasteiger partial charge in [0.15, 0.2) is 6.10 Å². The van der Waals surface area contributed by atoms with E-state index in [-0.39, 0.29) is 31.8 Å². The van der Waals surface area contributed by atoms with Crippen LogP contribution in [0.25, 0.3) is 0 Å². The number of aryl methyl sites for hydroxylation is 2. The number of anilines is 1. The molecule has 2 saturated heterocycles. The zero-order valence-electron chi connectivity index (χ0n) is 14.0. The quantitative estimate of drug-likeness (QED) is 0.818. The summed E-state index contributed by atoms with van der Waals surface area (Å²) in [5.74, 6) is -1.42. The molecule has 1 unspecified atom stereocenters. The van der Waals surface area contributed by atoms with E-state index >= 15 is 0 Å². The van der Waals surface area contributed by atoms with Crippen LogP contribution in [0.1, 0.15) is 24.4 Å². The van der Waals surface area contributed by atoms with Crippen molar-refractivity contribution in [2.45, 2.75) is 38.7 Å². The highest BCUT2D eigenvalue weighted by Crippen LogP contribution is 2.28. The van der Waals surface area contributed by atoms with Gasteiger partial charge in [-0.3, -0.25) is 4.79 Å². The van der Waals surface area contributed by atoms with E-state index in [0.29, 0.717) is 25.5 Å². The smallest absolute Gasteiger partial charge is 0.253 e. The van der Waals surface area contributed by atoms with Crippen molar-refractivity contribution in [2.75, 3.05) is 37.7 Å². The van der Waals surface area contributed by atoms with Crippen molar-refractivity contribution in [1.82, 2.24) is 14.9 Å². The van der Waals surface area contributed by atoms with Crippen LogP contribution in [0.3, 0.4) is 0 Å². The maximum absolute atomic E-state index is 13.3. The Bertz CT molecular complexity index is 596. The molecular weight excluding hydrogens is 318 g/mol. The summed E-state index contributed by atoms with van der Waals surface area (Å²) in [6, 6.07) is 1.88. The minimum absolute atomic E-state index is 0.0808. The fourth-order valence-corrected chi connectivity index (χ4v) is 3.12. The highest BCUT2D eigenvalue weighted by molar-refractivity contribution is 5.82. The lowest BCUT2D eigenvalue weighted by atomic mass is 10.1. The van der Waals surface area contributed by atoms with Gasteiger partial charge in [-0.25, -0.2) is 18.7 Å². The van der Waals surface area contributed by atoms with Gasteiger partial charge in [0, 0.05) is 44.2 Å². The normalized spacial score (nSPS) is 24.1. The van der Waals surface area contributed by atoms with Crippen molar-refractivity contribution < 1.29 is 18.3 Å². The molecule has 2 aliphatic heterocycles. The second-order valence-corrected chi connectivity index (χ2v) is 6.40. The molecule has 0 radical (unpaired) electrons. The fraction of sp³-hybridized carbons (Fsp3) is 0.688. The lowest BCUT2D eigenvalue weighted by molar-refractivity contribution is -0.150. The number of piperidine rings is 1. The first-order chi connectivity index (χ1) is 11.3. The zero-order chi connectivity index (χ0) is 17.3. The Morgan fingerprint density at radius 1 is 1.25 bits per heavy atom. The molecule has 2 fully saturated rings. The van der Waals surface area contributed by atoms with E-state index in [0.717, 1.165) is 11.5 Å².